The highest BCUT2D eigenvalue weighted by Crippen LogP contribution is 2.65. The smallest absolute Gasteiger partial charge is 0.335 e. The number of rotatable bonds is 4. The molecule has 7 heteroatoms. The maximum Gasteiger partial charge on any atom is 0.335 e. The topological polar surface area (TPSA) is 92.2 Å². The summed E-state index contributed by atoms with van der Waals surface area (Å²) >= 11 is 6.62. The average molecular weight is 482 g/mol. The molecular formula is C28H20ClN3O3. The lowest BCUT2D eigenvalue weighted by Crippen LogP contribution is -2.21. The highest BCUT2D eigenvalue weighted by molar-refractivity contribution is 6.34. The fourth-order valence-corrected chi connectivity index (χ4v) is 5.43. The van der Waals surface area contributed by atoms with Gasteiger partial charge >= 0.3 is 5.97 Å². The normalized spacial score (nSPS) is 19.9. The second kappa shape index (κ2) is 7.75. The molecule has 1 aliphatic heterocycles. The van der Waals surface area contributed by atoms with E-state index in [2.05, 4.69) is 15.3 Å². The zero-order valence-corrected chi connectivity index (χ0v) is 19.5. The number of aromatic carboxylic acids is 1. The summed E-state index contributed by atoms with van der Waals surface area (Å²) in [6.07, 6.45) is 5.89. The molecule has 2 aliphatic rings. The van der Waals surface area contributed by atoms with Crippen LogP contribution in [0.25, 0.3) is 22.4 Å². The summed E-state index contributed by atoms with van der Waals surface area (Å²) < 4.78 is 0. The Kier molecular flexibility index (Phi) is 4.76. The third-order valence-electron chi connectivity index (χ3n) is 7.15. The van der Waals surface area contributed by atoms with Gasteiger partial charge in [-0.25, -0.2) is 4.79 Å². The van der Waals surface area contributed by atoms with Gasteiger partial charge < -0.3 is 10.4 Å². The van der Waals surface area contributed by atoms with E-state index >= 15 is 0 Å². The Labute approximate surface area is 206 Å². The van der Waals surface area contributed by atoms with Gasteiger partial charge in [-0.15, -0.1) is 0 Å². The van der Waals surface area contributed by atoms with Gasteiger partial charge in [-0.3, -0.25) is 14.8 Å². The Hall–Kier alpha value is -4.03. The molecule has 2 atom stereocenters. The molecule has 1 fully saturated rings. The molecule has 2 unspecified atom stereocenters. The second-order valence-electron chi connectivity index (χ2n) is 9.11. The number of carboxylic acids is 1. The summed E-state index contributed by atoms with van der Waals surface area (Å²) in [5.41, 5.74) is 6.12. The average Bonchev–Trinajstić information content (AvgIpc) is 3.55. The molecule has 172 valence electrons. The van der Waals surface area contributed by atoms with Crippen LogP contribution in [0.1, 0.15) is 39.4 Å². The number of fused-ring (bicyclic) bond motifs is 2. The molecule has 0 bridgehead atoms. The van der Waals surface area contributed by atoms with Crippen molar-refractivity contribution in [2.75, 3.05) is 5.32 Å². The van der Waals surface area contributed by atoms with Crippen LogP contribution in [0.3, 0.4) is 0 Å². The molecule has 4 aromatic rings. The number of amides is 1. The Morgan fingerprint density at radius 1 is 1.09 bits per heavy atom. The number of benzene rings is 2. The van der Waals surface area contributed by atoms with Gasteiger partial charge in [-0.2, -0.15) is 0 Å². The third kappa shape index (κ3) is 3.33. The lowest BCUT2D eigenvalue weighted by molar-refractivity contribution is -0.118. The van der Waals surface area contributed by atoms with E-state index in [0.29, 0.717) is 28.4 Å². The van der Waals surface area contributed by atoms with Crippen molar-refractivity contribution in [3.8, 4) is 22.4 Å². The number of aryl methyl sites for hydroxylation is 1. The number of anilines is 1. The minimum Gasteiger partial charge on any atom is -0.478 e. The first-order chi connectivity index (χ1) is 16.9. The Bertz CT molecular complexity index is 1520. The van der Waals surface area contributed by atoms with Crippen LogP contribution in [0.5, 0.6) is 0 Å². The SMILES string of the molecule is Cc1ccc(C2CC23C(=O)Nc2cc(Cl)c(-c4ccc(-c5ccncc5)cn4)cc23)cc1C(=O)O. The molecule has 2 aromatic heterocycles. The lowest BCUT2D eigenvalue weighted by atomic mass is 9.89. The van der Waals surface area contributed by atoms with Crippen LogP contribution in [0, 0.1) is 6.92 Å². The fourth-order valence-electron chi connectivity index (χ4n) is 5.17. The molecule has 35 heavy (non-hydrogen) atoms. The molecule has 6 nitrogen and oxygen atoms in total. The van der Waals surface area contributed by atoms with Crippen LogP contribution in [0.15, 0.2) is 73.2 Å². The van der Waals surface area contributed by atoms with E-state index in [0.717, 1.165) is 27.8 Å². The number of nitrogens with one attached hydrogen (secondary N) is 1. The van der Waals surface area contributed by atoms with E-state index in [4.69, 9.17) is 11.6 Å². The van der Waals surface area contributed by atoms with Gasteiger partial charge in [0.2, 0.25) is 5.91 Å². The minimum absolute atomic E-state index is 0.0795. The number of carbonyl (C=O) groups excluding carboxylic acids is 1. The summed E-state index contributed by atoms with van der Waals surface area (Å²) in [6.45, 7) is 1.77. The number of aromatic nitrogens is 2. The maximum absolute atomic E-state index is 13.2. The molecule has 3 heterocycles. The zero-order chi connectivity index (χ0) is 24.3. The third-order valence-corrected chi connectivity index (χ3v) is 7.46. The Balaban J connectivity index is 1.38. The summed E-state index contributed by atoms with van der Waals surface area (Å²) in [4.78, 5) is 33.5. The summed E-state index contributed by atoms with van der Waals surface area (Å²) in [7, 11) is 0. The van der Waals surface area contributed by atoms with Gasteiger partial charge in [0.1, 0.15) is 0 Å². The van der Waals surface area contributed by atoms with Gasteiger partial charge in [0.25, 0.3) is 0 Å². The highest BCUT2D eigenvalue weighted by Gasteiger charge is 2.65. The Morgan fingerprint density at radius 2 is 1.89 bits per heavy atom. The second-order valence-corrected chi connectivity index (χ2v) is 9.51. The maximum atomic E-state index is 13.2. The van der Waals surface area contributed by atoms with Crippen LogP contribution in [0.2, 0.25) is 5.02 Å². The van der Waals surface area contributed by atoms with Gasteiger partial charge in [0.15, 0.2) is 0 Å². The zero-order valence-electron chi connectivity index (χ0n) is 18.7. The molecule has 2 aromatic carbocycles. The molecule has 6 rings (SSSR count). The van der Waals surface area contributed by atoms with Crippen molar-refractivity contribution < 1.29 is 14.7 Å². The predicted molar refractivity (Wildman–Crippen MR) is 134 cm³/mol. The van der Waals surface area contributed by atoms with E-state index in [9.17, 15) is 14.7 Å². The van der Waals surface area contributed by atoms with Crippen molar-refractivity contribution in [3.63, 3.8) is 0 Å². The quantitative estimate of drug-likeness (QED) is 0.381. The number of hydrogen-bond acceptors (Lipinski definition) is 4. The van der Waals surface area contributed by atoms with E-state index in [1.807, 2.05) is 36.4 Å². The molecule has 1 aliphatic carbocycles. The Morgan fingerprint density at radius 3 is 2.60 bits per heavy atom. The van der Waals surface area contributed by atoms with E-state index in [-0.39, 0.29) is 17.4 Å². The first-order valence-electron chi connectivity index (χ1n) is 11.2. The lowest BCUT2D eigenvalue weighted by Gasteiger charge is -2.13. The number of nitrogens with zero attached hydrogens (tertiary/aromatic N) is 2. The fraction of sp³-hybridized carbons (Fsp3) is 0.143. The summed E-state index contributed by atoms with van der Waals surface area (Å²) in [5, 5.41) is 13.0. The molecule has 2 N–H and O–H groups in total. The highest BCUT2D eigenvalue weighted by atomic mass is 35.5. The van der Waals surface area contributed by atoms with E-state index < -0.39 is 11.4 Å². The number of pyridine rings is 2. The van der Waals surface area contributed by atoms with Crippen LogP contribution in [-0.2, 0) is 10.2 Å². The van der Waals surface area contributed by atoms with Crippen molar-refractivity contribution in [3.05, 3.63) is 100 Å². The van der Waals surface area contributed by atoms with Crippen LogP contribution in [0.4, 0.5) is 5.69 Å². The number of carbonyl (C=O) groups is 2. The molecule has 1 spiro atoms. The van der Waals surface area contributed by atoms with Crippen molar-refractivity contribution in [2.45, 2.75) is 24.7 Å². The van der Waals surface area contributed by atoms with Crippen LogP contribution in [-0.4, -0.2) is 27.0 Å². The minimum atomic E-state index is -0.967. The molecule has 0 saturated heterocycles. The van der Waals surface area contributed by atoms with Gasteiger partial charge in [0, 0.05) is 41.3 Å². The molecule has 1 amide bonds. The first-order valence-corrected chi connectivity index (χ1v) is 11.6. The van der Waals surface area contributed by atoms with Crippen LogP contribution < -0.4 is 5.32 Å². The largest absolute Gasteiger partial charge is 0.478 e. The first kappa shape index (κ1) is 21.5. The van der Waals surface area contributed by atoms with Crippen molar-refractivity contribution in [1.29, 1.82) is 0 Å². The van der Waals surface area contributed by atoms with E-state index in [1.165, 1.54) is 0 Å². The number of carboxylic acid groups (broad SMARTS) is 1. The van der Waals surface area contributed by atoms with Crippen molar-refractivity contribution in [2.24, 2.45) is 0 Å². The summed E-state index contributed by atoms with van der Waals surface area (Å²) in [5.74, 6) is -1.15. The standard InChI is InChI=1S/C28H20ClN3O3/c1-15-2-3-17(10-19(15)26(33)34)22-13-28(22)21-11-20(23(29)12-25(21)32-27(28)35)24-5-4-18(14-31-24)16-6-8-30-9-7-16/h2-12,14,22H,13H2,1H3,(H,32,35)(H,33,34). The van der Waals surface area contributed by atoms with E-state index in [1.54, 1.807) is 43.7 Å². The van der Waals surface area contributed by atoms with Crippen molar-refractivity contribution in [1.82, 2.24) is 9.97 Å². The molecule has 0 radical (unpaired) electrons. The van der Waals surface area contributed by atoms with Gasteiger partial charge in [0.05, 0.1) is 21.7 Å². The number of halogens is 1. The van der Waals surface area contributed by atoms with Gasteiger partial charge in [-0.1, -0.05) is 29.8 Å². The van der Waals surface area contributed by atoms with Crippen LogP contribution >= 0.6 is 11.6 Å². The van der Waals surface area contributed by atoms with Gasteiger partial charge in [-0.05, 0) is 72.0 Å². The predicted octanol–water partition coefficient (Wildman–Crippen LogP) is 5.85. The monoisotopic (exact) mass is 481 g/mol. The summed E-state index contributed by atoms with van der Waals surface area (Å²) in [6, 6.07) is 16.9. The molecule has 1 saturated carbocycles. The van der Waals surface area contributed by atoms with Crippen molar-refractivity contribution >= 4 is 29.2 Å². The number of hydrogen-bond donors (Lipinski definition) is 2. The molecular weight excluding hydrogens is 462 g/mol.